The molecule has 2 rings (SSSR count). The van der Waals surface area contributed by atoms with Crippen LogP contribution >= 0.6 is 0 Å². The van der Waals surface area contributed by atoms with Gasteiger partial charge in [-0.3, -0.25) is 0 Å². The highest BCUT2D eigenvalue weighted by Crippen LogP contribution is 2.25. The number of benzene rings is 1. The lowest BCUT2D eigenvalue weighted by atomic mass is 10.1. The van der Waals surface area contributed by atoms with Gasteiger partial charge in [0.15, 0.2) is 0 Å². The minimum atomic E-state index is -0.420. The molecule has 1 aromatic heterocycles. The van der Waals surface area contributed by atoms with Crippen molar-refractivity contribution in [3.05, 3.63) is 35.0 Å². The molecule has 0 fully saturated rings. The first-order valence-electron chi connectivity index (χ1n) is 5.07. The van der Waals surface area contributed by atoms with E-state index in [1.165, 1.54) is 5.56 Å². The minimum absolute atomic E-state index is 0.420. The number of hydrogen-bond acceptors (Lipinski definition) is 1. The van der Waals surface area contributed by atoms with E-state index in [0.717, 1.165) is 28.7 Å². The van der Waals surface area contributed by atoms with Gasteiger partial charge in [0.1, 0.15) is 6.67 Å². The average molecular weight is 206 g/mol. The molecule has 0 bridgehead atoms. The first kappa shape index (κ1) is 10.2. The molecule has 0 amide bonds. The number of rotatable bonds is 3. The summed E-state index contributed by atoms with van der Waals surface area (Å²) in [7, 11) is 1.90. The summed E-state index contributed by atoms with van der Waals surface area (Å²) < 4.78 is 12.7. The third-order valence-electron chi connectivity index (χ3n) is 2.78. The first-order chi connectivity index (χ1) is 7.27. The molecular weight excluding hydrogens is 191 g/mol. The average Bonchev–Trinajstić information content (AvgIpc) is 2.57. The number of fused-ring (bicyclic) bond motifs is 1. The van der Waals surface area contributed by atoms with Crippen molar-refractivity contribution in [2.75, 3.05) is 7.05 Å². The Morgan fingerprint density at radius 3 is 2.87 bits per heavy atom. The van der Waals surface area contributed by atoms with E-state index in [4.69, 9.17) is 0 Å². The van der Waals surface area contributed by atoms with Crippen LogP contribution in [0.3, 0.4) is 0 Å². The molecule has 1 heterocycles. The summed E-state index contributed by atoms with van der Waals surface area (Å²) in [5.74, 6) is 0. The van der Waals surface area contributed by atoms with Crippen molar-refractivity contribution < 1.29 is 4.39 Å². The monoisotopic (exact) mass is 206 g/mol. The molecule has 2 aromatic rings. The highest BCUT2D eigenvalue weighted by molar-refractivity contribution is 5.87. The normalized spacial score (nSPS) is 11.1. The van der Waals surface area contributed by atoms with Crippen LogP contribution in [-0.2, 0) is 13.2 Å². The Morgan fingerprint density at radius 1 is 1.40 bits per heavy atom. The number of para-hydroxylation sites is 1. The smallest absolute Gasteiger partial charge is 0.117 e. The van der Waals surface area contributed by atoms with Crippen molar-refractivity contribution in [1.82, 2.24) is 10.3 Å². The van der Waals surface area contributed by atoms with E-state index in [1.807, 2.05) is 25.2 Å². The number of aryl methyl sites for hydroxylation is 1. The maximum atomic E-state index is 12.7. The fourth-order valence-corrected chi connectivity index (χ4v) is 1.93. The van der Waals surface area contributed by atoms with E-state index in [0.29, 0.717) is 0 Å². The molecule has 0 aliphatic carbocycles. The van der Waals surface area contributed by atoms with Crippen LogP contribution in [0.2, 0.25) is 0 Å². The van der Waals surface area contributed by atoms with E-state index in [-0.39, 0.29) is 0 Å². The summed E-state index contributed by atoms with van der Waals surface area (Å²) in [4.78, 5) is 3.28. The summed E-state index contributed by atoms with van der Waals surface area (Å²) in [5.41, 5.74) is 4.00. The summed E-state index contributed by atoms with van der Waals surface area (Å²) in [6.45, 7) is 2.43. The van der Waals surface area contributed by atoms with Gasteiger partial charge < -0.3 is 10.3 Å². The molecule has 1 aromatic carbocycles. The molecule has 0 atom stereocenters. The number of alkyl halides is 1. The molecule has 2 N–H and O–H groups in total. The number of nitrogens with one attached hydrogen (secondary N) is 2. The Kier molecular flexibility index (Phi) is 2.73. The zero-order chi connectivity index (χ0) is 10.8. The molecule has 0 saturated carbocycles. The Hall–Kier alpha value is -1.35. The highest BCUT2D eigenvalue weighted by Gasteiger charge is 2.09. The zero-order valence-corrected chi connectivity index (χ0v) is 9.02. The van der Waals surface area contributed by atoms with Crippen LogP contribution in [0.15, 0.2) is 18.2 Å². The van der Waals surface area contributed by atoms with Crippen LogP contribution in [0.5, 0.6) is 0 Å². The lowest BCUT2D eigenvalue weighted by Gasteiger charge is -1.96. The number of halogens is 1. The molecule has 0 saturated heterocycles. The molecule has 80 valence electrons. The lowest BCUT2D eigenvalue weighted by molar-refractivity contribution is 0.487. The third kappa shape index (κ3) is 1.63. The summed E-state index contributed by atoms with van der Waals surface area (Å²) >= 11 is 0. The van der Waals surface area contributed by atoms with Crippen LogP contribution in [0, 0.1) is 6.92 Å². The molecule has 3 heteroatoms. The van der Waals surface area contributed by atoms with Crippen molar-refractivity contribution >= 4 is 10.9 Å². The molecule has 0 aliphatic heterocycles. The number of aromatic nitrogens is 1. The van der Waals surface area contributed by atoms with Gasteiger partial charge in [-0.15, -0.1) is 0 Å². The quantitative estimate of drug-likeness (QED) is 0.794. The van der Waals surface area contributed by atoms with Gasteiger partial charge in [-0.2, -0.15) is 0 Å². The van der Waals surface area contributed by atoms with Gasteiger partial charge in [0.2, 0.25) is 0 Å². The Morgan fingerprint density at radius 2 is 2.20 bits per heavy atom. The van der Waals surface area contributed by atoms with Crippen molar-refractivity contribution in [1.29, 1.82) is 0 Å². The van der Waals surface area contributed by atoms with Crippen LogP contribution in [0.1, 0.15) is 16.8 Å². The summed E-state index contributed by atoms with van der Waals surface area (Å²) in [5, 5.41) is 4.22. The van der Waals surface area contributed by atoms with Gasteiger partial charge in [0.25, 0.3) is 0 Å². The Bertz CT molecular complexity index is 474. The van der Waals surface area contributed by atoms with Gasteiger partial charge >= 0.3 is 0 Å². The Labute approximate surface area is 88.5 Å². The minimum Gasteiger partial charge on any atom is -0.357 e. The van der Waals surface area contributed by atoms with Crippen LogP contribution in [0.4, 0.5) is 4.39 Å². The first-order valence-corrected chi connectivity index (χ1v) is 5.07. The predicted octanol–water partition coefficient (Wildman–Crippen LogP) is 2.67. The summed E-state index contributed by atoms with van der Waals surface area (Å²) in [6.07, 6.45) is 0. The lowest BCUT2D eigenvalue weighted by Crippen LogP contribution is -2.06. The maximum absolute atomic E-state index is 12.7. The fourth-order valence-electron chi connectivity index (χ4n) is 1.93. The van der Waals surface area contributed by atoms with Crippen molar-refractivity contribution in [2.24, 2.45) is 0 Å². The largest absolute Gasteiger partial charge is 0.357 e. The van der Waals surface area contributed by atoms with Crippen molar-refractivity contribution in [3.8, 4) is 0 Å². The second kappa shape index (κ2) is 4.03. The molecule has 15 heavy (non-hydrogen) atoms. The Balaban J connectivity index is 2.64. The standard InChI is InChI=1S/C12H15FN2/c1-8-10-5-3-4-9(6-13)12(10)15-11(8)7-14-2/h3-5,14-15H,6-7H2,1-2H3. The van der Waals surface area contributed by atoms with Crippen LogP contribution < -0.4 is 5.32 Å². The predicted molar refractivity (Wildman–Crippen MR) is 60.6 cm³/mol. The van der Waals surface area contributed by atoms with Gasteiger partial charge in [0, 0.05) is 23.2 Å². The van der Waals surface area contributed by atoms with Gasteiger partial charge in [-0.25, -0.2) is 4.39 Å². The second-order valence-corrected chi connectivity index (χ2v) is 3.73. The van der Waals surface area contributed by atoms with E-state index in [2.05, 4.69) is 17.2 Å². The molecule has 2 nitrogen and oxygen atoms in total. The molecule has 0 radical (unpaired) electrons. The fraction of sp³-hybridized carbons (Fsp3) is 0.333. The molecule has 0 aliphatic rings. The second-order valence-electron chi connectivity index (χ2n) is 3.73. The highest BCUT2D eigenvalue weighted by atomic mass is 19.1. The van der Waals surface area contributed by atoms with E-state index in [9.17, 15) is 4.39 Å². The SMILES string of the molecule is CNCc1[nH]c2c(CF)cccc2c1C. The molecular formula is C12H15FN2. The number of H-pyrrole nitrogens is 1. The van der Waals surface area contributed by atoms with Gasteiger partial charge in [-0.1, -0.05) is 18.2 Å². The topological polar surface area (TPSA) is 27.8 Å². The molecule has 0 spiro atoms. The molecule has 0 unspecified atom stereocenters. The van der Waals surface area contributed by atoms with E-state index < -0.39 is 6.67 Å². The van der Waals surface area contributed by atoms with Gasteiger partial charge in [0.05, 0.1) is 5.52 Å². The maximum Gasteiger partial charge on any atom is 0.117 e. The summed E-state index contributed by atoms with van der Waals surface area (Å²) in [6, 6.07) is 5.75. The van der Waals surface area contributed by atoms with Crippen molar-refractivity contribution in [3.63, 3.8) is 0 Å². The number of hydrogen-bond donors (Lipinski definition) is 2. The van der Waals surface area contributed by atoms with Crippen LogP contribution in [0.25, 0.3) is 10.9 Å². The van der Waals surface area contributed by atoms with Gasteiger partial charge in [-0.05, 0) is 19.5 Å². The van der Waals surface area contributed by atoms with Crippen LogP contribution in [-0.4, -0.2) is 12.0 Å². The number of aromatic amines is 1. The zero-order valence-electron chi connectivity index (χ0n) is 9.02. The van der Waals surface area contributed by atoms with E-state index in [1.54, 1.807) is 0 Å². The van der Waals surface area contributed by atoms with E-state index >= 15 is 0 Å². The third-order valence-corrected chi connectivity index (χ3v) is 2.78. The van der Waals surface area contributed by atoms with Crippen molar-refractivity contribution in [2.45, 2.75) is 20.1 Å².